The molecule has 4 N–H and O–H groups in total. The van der Waals surface area contributed by atoms with Crippen molar-refractivity contribution in [3.63, 3.8) is 0 Å². The van der Waals surface area contributed by atoms with E-state index in [9.17, 15) is 5.11 Å². The first-order valence-corrected chi connectivity index (χ1v) is 9.37. The minimum atomic E-state index is -0.168. The fourth-order valence-corrected chi connectivity index (χ4v) is 2.88. The van der Waals surface area contributed by atoms with Crippen molar-refractivity contribution < 1.29 is 29.5 Å². The predicted octanol–water partition coefficient (Wildman–Crippen LogP) is -1.17. The second-order valence-electron chi connectivity index (χ2n) is 6.16. The highest BCUT2D eigenvalue weighted by Gasteiger charge is 2.23. The van der Waals surface area contributed by atoms with E-state index in [0.717, 1.165) is 26.1 Å². The van der Waals surface area contributed by atoms with Crippen molar-refractivity contribution in [3.05, 3.63) is 0 Å². The molecule has 0 aromatic carbocycles. The molecule has 1 aliphatic heterocycles. The Kier molecular flexibility index (Phi) is 14.4. The first kappa shape index (κ1) is 22.7. The van der Waals surface area contributed by atoms with Gasteiger partial charge in [0, 0.05) is 25.7 Å². The number of rotatable bonds is 16. The zero-order valence-corrected chi connectivity index (χ0v) is 15.3. The SMILES string of the molecule is OCCOCCN(CCOCCO)CCOC(CO)C1CCCCN1. The Morgan fingerprint density at radius 1 is 0.880 bits per heavy atom. The summed E-state index contributed by atoms with van der Waals surface area (Å²) in [5, 5.41) is 30.5. The van der Waals surface area contributed by atoms with Crippen LogP contribution < -0.4 is 5.32 Å². The molecule has 1 saturated heterocycles. The van der Waals surface area contributed by atoms with Crippen molar-refractivity contribution in [1.82, 2.24) is 10.2 Å². The molecule has 0 aromatic rings. The van der Waals surface area contributed by atoms with E-state index in [1.807, 2.05) is 0 Å². The number of piperidine rings is 1. The third-order valence-electron chi connectivity index (χ3n) is 4.29. The molecule has 1 heterocycles. The molecule has 8 heteroatoms. The maximum Gasteiger partial charge on any atom is 0.0958 e. The summed E-state index contributed by atoms with van der Waals surface area (Å²) in [7, 11) is 0. The monoisotopic (exact) mass is 364 g/mol. The van der Waals surface area contributed by atoms with Gasteiger partial charge in [-0.3, -0.25) is 4.90 Å². The number of nitrogens with zero attached hydrogens (tertiary/aromatic N) is 1. The lowest BCUT2D eigenvalue weighted by atomic mass is 10.0. The van der Waals surface area contributed by atoms with Gasteiger partial charge in [-0.2, -0.15) is 0 Å². The summed E-state index contributed by atoms with van der Waals surface area (Å²) in [6, 6.07) is 0.230. The average molecular weight is 364 g/mol. The molecule has 0 saturated carbocycles. The molecule has 0 aromatic heterocycles. The topological polar surface area (TPSA) is 104 Å². The number of aliphatic hydroxyl groups is 3. The van der Waals surface area contributed by atoms with E-state index in [-0.39, 0.29) is 32.0 Å². The summed E-state index contributed by atoms with van der Waals surface area (Å²) in [4.78, 5) is 2.16. The summed E-state index contributed by atoms with van der Waals surface area (Å²) in [6.07, 6.45) is 3.23. The van der Waals surface area contributed by atoms with Gasteiger partial charge in [0.25, 0.3) is 0 Å². The van der Waals surface area contributed by atoms with Gasteiger partial charge in [-0.05, 0) is 19.4 Å². The van der Waals surface area contributed by atoms with Gasteiger partial charge in [0.05, 0.1) is 59.0 Å². The van der Waals surface area contributed by atoms with Crippen LogP contribution >= 0.6 is 0 Å². The highest BCUT2D eigenvalue weighted by atomic mass is 16.5. The van der Waals surface area contributed by atoms with Crippen LogP contribution in [0.1, 0.15) is 19.3 Å². The quantitative estimate of drug-likeness (QED) is 0.254. The Morgan fingerprint density at radius 3 is 2.04 bits per heavy atom. The zero-order chi connectivity index (χ0) is 18.2. The summed E-state index contributed by atoms with van der Waals surface area (Å²) in [5.41, 5.74) is 0. The standard InChI is InChI=1S/C17H36N2O6/c20-8-13-23-10-5-19(6-11-24-14-9-21)7-12-25-17(15-22)16-3-1-2-4-18-16/h16-18,20-22H,1-15H2. The second kappa shape index (κ2) is 15.9. The molecule has 1 fully saturated rings. The maximum absolute atomic E-state index is 9.58. The normalized spacial score (nSPS) is 19.4. The highest BCUT2D eigenvalue weighted by molar-refractivity contribution is 4.80. The van der Waals surface area contributed by atoms with E-state index in [2.05, 4.69) is 10.2 Å². The molecule has 0 bridgehead atoms. The molecule has 1 rings (SSSR count). The lowest BCUT2D eigenvalue weighted by molar-refractivity contribution is -0.0278. The molecule has 0 radical (unpaired) electrons. The summed E-state index contributed by atoms with van der Waals surface area (Å²) < 4.78 is 16.5. The van der Waals surface area contributed by atoms with Gasteiger partial charge in [0.2, 0.25) is 0 Å². The Balaban J connectivity index is 2.27. The summed E-state index contributed by atoms with van der Waals surface area (Å²) in [5.74, 6) is 0. The van der Waals surface area contributed by atoms with E-state index in [1.165, 1.54) is 12.8 Å². The molecule has 0 amide bonds. The van der Waals surface area contributed by atoms with Crippen molar-refractivity contribution in [2.24, 2.45) is 0 Å². The third-order valence-corrected chi connectivity index (χ3v) is 4.29. The van der Waals surface area contributed by atoms with Crippen LogP contribution in [0, 0.1) is 0 Å². The van der Waals surface area contributed by atoms with Gasteiger partial charge in [-0.25, -0.2) is 0 Å². The number of hydrogen-bond donors (Lipinski definition) is 4. The van der Waals surface area contributed by atoms with Crippen molar-refractivity contribution in [2.45, 2.75) is 31.4 Å². The molecule has 2 atom stereocenters. The van der Waals surface area contributed by atoms with Crippen LogP contribution in [0.25, 0.3) is 0 Å². The van der Waals surface area contributed by atoms with Gasteiger partial charge >= 0.3 is 0 Å². The van der Waals surface area contributed by atoms with Gasteiger partial charge in [-0.1, -0.05) is 6.42 Å². The maximum atomic E-state index is 9.58. The Bertz CT molecular complexity index is 280. The zero-order valence-electron chi connectivity index (χ0n) is 15.3. The van der Waals surface area contributed by atoms with Gasteiger partial charge in [0.1, 0.15) is 0 Å². The van der Waals surface area contributed by atoms with Crippen LogP contribution in [0.5, 0.6) is 0 Å². The van der Waals surface area contributed by atoms with Crippen LogP contribution in [0.2, 0.25) is 0 Å². The van der Waals surface area contributed by atoms with Crippen LogP contribution in [0.15, 0.2) is 0 Å². The van der Waals surface area contributed by atoms with Crippen molar-refractivity contribution in [2.75, 3.05) is 79.0 Å². The molecule has 1 aliphatic rings. The molecule has 0 aliphatic carbocycles. The lowest BCUT2D eigenvalue weighted by Gasteiger charge is -2.31. The van der Waals surface area contributed by atoms with Crippen LogP contribution in [-0.2, 0) is 14.2 Å². The molecular formula is C17H36N2O6. The minimum Gasteiger partial charge on any atom is -0.394 e. The number of hydrogen-bond acceptors (Lipinski definition) is 8. The van der Waals surface area contributed by atoms with Crippen molar-refractivity contribution in [3.8, 4) is 0 Å². The van der Waals surface area contributed by atoms with E-state index in [0.29, 0.717) is 39.6 Å². The van der Waals surface area contributed by atoms with Crippen LogP contribution in [0.3, 0.4) is 0 Å². The predicted molar refractivity (Wildman–Crippen MR) is 94.7 cm³/mol. The summed E-state index contributed by atoms with van der Waals surface area (Å²) >= 11 is 0. The number of aliphatic hydroxyl groups excluding tert-OH is 3. The van der Waals surface area contributed by atoms with Gasteiger partial charge < -0.3 is 34.8 Å². The van der Waals surface area contributed by atoms with Crippen LogP contribution in [0.4, 0.5) is 0 Å². The highest BCUT2D eigenvalue weighted by Crippen LogP contribution is 2.12. The molecule has 0 spiro atoms. The molecule has 2 unspecified atom stereocenters. The molecular weight excluding hydrogens is 328 g/mol. The fourth-order valence-electron chi connectivity index (χ4n) is 2.88. The molecule has 150 valence electrons. The third kappa shape index (κ3) is 11.1. The number of nitrogens with one attached hydrogen (secondary N) is 1. The molecule has 8 nitrogen and oxygen atoms in total. The molecule has 25 heavy (non-hydrogen) atoms. The van der Waals surface area contributed by atoms with Gasteiger partial charge in [0.15, 0.2) is 0 Å². The van der Waals surface area contributed by atoms with E-state index in [4.69, 9.17) is 24.4 Å². The van der Waals surface area contributed by atoms with Crippen molar-refractivity contribution in [1.29, 1.82) is 0 Å². The van der Waals surface area contributed by atoms with Crippen LogP contribution in [-0.4, -0.2) is 111 Å². The minimum absolute atomic E-state index is 0.0231. The first-order valence-electron chi connectivity index (χ1n) is 9.37. The van der Waals surface area contributed by atoms with E-state index in [1.54, 1.807) is 0 Å². The first-order chi connectivity index (χ1) is 12.3. The largest absolute Gasteiger partial charge is 0.394 e. The summed E-state index contributed by atoms with van der Waals surface area (Å²) in [6.45, 7) is 5.49. The van der Waals surface area contributed by atoms with E-state index >= 15 is 0 Å². The van der Waals surface area contributed by atoms with Crippen molar-refractivity contribution >= 4 is 0 Å². The Labute approximate surface area is 151 Å². The van der Waals surface area contributed by atoms with E-state index < -0.39 is 0 Å². The fraction of sp³-hybridized carbons (Fsp3) is 1.00. The lowest BCUT2D eigenvalue weighted by Crippen LogP contribution is -2.47. The Morgan fingerprint density at radius 2 is 1.52 bits per heavy atom. The smallest absolute Gasteiger partial charge is 0.0958 e. The Hall–Kier alpha value is -0.320. The number of ether oxygens (including phenoxy) is 3. The second-order valence-corrected chi connectivity index (χ2v) is 6.16. The van der Waals surface area contributed by atoms with Gasteiger partial charge in [-0.15, -0.1) is 0 Å². The average Bonchev–Trinajstić information content (AvgIpc) is 2.65.